The van der Waals surface area contributed by atoms with Crippen LogP contribution in [0.4, 0.5) is 0 Å². The number of hydrogen-bond donors (Lipinski definition) is 2. The Morgan fingerprint density at radius 1 is 1.29 bits per heavy atom. The first-order valence-corrected chi connectivity index (χ1v) is 11.0. The summed E-state index contributed by atoms with van der Waals surface area (Å²) in [5.74, 6) is 2.56. The highest BCUT2D eigenvalue weighted by Gasteiger charge is 2.20. The number of methoxy groups -OCH3 is 1. The van der Waals surface area contributed by atoms with Crippen molar-refractivity contribution in [2.24, 2.45) is 0 Å². The zero-order valence-electron chi connectivity index (χ0n) is 18.9. The molecule has 1 unspecified atom stereocenters. The van der Waals surface area contributed by atoms with Crippen LogP contribution in [0.2, 0.25) is 0 Å². The number of ether oxygens (including phenoxy) is 2. The SMILES string of the molecule is COc1ccc(OCC(O)CN2CCC(O)CC2)c(CN(C)CCn2ccnc2C)c1. The van der Waals surface area contributed by atoms with E-state index < -0.39 is 6.10 Å². The van der Waals surface area contributed by atoms with Crippen molar-refractivity contribution in [3.05, 3.63) is 42.0 Å². The zero-order valence-corrected chi connectivity index (χ0v) is 18.9. The Hall–Kier alpha value is -2.13. The van der Waals surface area contributed by atoms with Crippen molar-refractivity contribution < 1.29 is 19.7 Å². The second kappa shape index (κ2) is 11.5. The van der Waals surface area contributed by atoms with Gasteiger partial charge in [-0.1, -0.05) is 0 Å². The Kier molecular flexibility index (Phi) is 8.71. The summed E-state index contributed by atoms with van der Waals surface area (Å²) in [6.45, 7) is 6.87. The van der Waals surface area contributed by atoms with Crippen LogP contribution in [0.3, 0.4) is 0 Å². The molecule has 1 saturated heterocycles. The third kappa shape index (κ3) is 7.21. The average Bonchev–Trinajstić information content (AvgIpc) is 3.17. The lowest BCUT2D eigenvalue weighted by Gasteiger charge is -2.31. The molecule has 0 spiro atoms. The molecule has 2 heterocycles. The molecule has 1 aromatic carbocycles. The molecule has 31 heavy (non-hydrogen) atoms. The first-order valence-electron chi connectivity index (χ1n) is 11.0. The van der Waals surface area contributed by atoms with Crippen molar-refractivity contribution in [2.75, 3.05) is 46.9 Å². The van der Waals surface area contributed by atoms with Gasteiger partial charge in [-0.2, -0.15) is 0 Å². The molecule has 8 heteroatoms. The lowest BCUT2D eigenvalue weighted by molar-refractivity contribution is 0.0335. The summed E-state index contributed by atoms with van der Waals surface area (Å²) in [6.07, 6.45) is 4.56. The van der Waals surface area contributed by atoms with Gasteiger partial charge in [0, 0.05) is 57.2 Å². The Balaban J connectivity index is 1.54. The van der Waals surface area contributed by atoms with E-state index in [1.54, 1.807) is 7.11 Å². The van der Waals surface area contributed by atoms with Gasteiger partial charge in [-0.05, 0) is 45.0 Å². The molecular formula is C23H36N4O4. The standard InChI is InChI=1S/C23H36N4O4/c1-18-24-8-11-27(18)13-12-25(2)15-19-14-22(30-3)4-5-23(19)31-17-21(29)16-26-9-6-20(28)7-10-26/h4-5,8,11,14,20-21,28-29H,6-7,9-10,12-13,15-17H2,1-3H3. The summed E-state index contributed by atoms with van der Waals surface area (Å²) >= 11 is 0. The van der Waals surface area contributed by atoms with E-state index in [9.17, 15) is 10.2 Å². The van der Waals surface area contributed by atoms with Gasteiger partial charge in [-0.15, -0.1) is 0 Å². The van der Waals surface area contributed by atoms with Gasteiger partial charge in [0.05, 0.1) is 13.2 Å². The van der Waals surface area contributed by atoms with E-state index in [0.29, 0.717) is 13.1 Å². The molecule has 0 amide bonds. The monoisotopic (exact) mass is 432 g/mol. The number of likely N-dealkylation sites (tertiary alicyclic amines) is 1. The number of aliphatic hydroxyl groups excluding tert-OH is 2. The fraction of sp³-hybridized carbons (Fsp3) is 0.609. The predicted molar refractivity (Wildman–Crippen MR) is 119 cm³/mol. The second-order valence-electron chi connectivity index (χ2n) is 8.38. The smallest absolute Gasteiger partial charge is 0.124 e. The fourth-order valence-corrected chi connectivity index (χ4v) is 3.87. The van der Waals surface area contributed by atoms with E-state index >= 15 is 0 Å². The van der Waals surface area contributed by atoms with Crippen LogP contribution in [0.1, 0.15) is 24.2 Å². The number of hydrogen-bond acceptors (Lipinski definition) is 7. The molecule has 1 fully saturated rings. The van der Waals surface area contributed by atoms with Gasteiger partial charge in [0.25, 0.3) is 0 Å². The molecule has 0 radical (unpaired) electrons. The number of β-amino-alcohol motifs (C(OH)–C–C–N with tert-alkyl or cyclic N) is 1. The molecule has 1 aromatic heterocycles. The second-order valence-corrected chi connectivity index (χ2v) is 8.38. The number of piperidine rings is 1. The minimum atomic E-state index is -0.577. The predicted octanol–water partition coefficient (Wildman–Crippen LogP) is 1.53. The Bertz CT molecular complexity index is 805. The minimum Gasteiger partial charge on any atom is -0.497 e. The van der Waals surface area contributed by atoms with Crippen molar-refractivity contribution in [3.8, 4) is 11.5 Å². The summed E-state index contributed by atoms with van der Waals surface area (Å²) in [4.78, 5) is 8.68. The van der Waals surface area contributed by atoms with E-state index in [2.05, 4.69) is 26.4 Å². The first-order chi connectivity index (χ1) is 14.9. The molecular weight excluding hydrogens is 396 g/mol. The molecule has 1 aliphatic heterocycles. The molecule has 1 atom stereocenters. The van der Waals surface area contributed by atoms with Crippen molar-refractivity contribution in [1.29, 1.82) is 0 Å². The Morgan fingerprint density at radius 2 is 2.06 bits per heavy atom. The van der Waals surface area contributed by atoms with Crippen molar-refractivity contribution in [1.82, 2.24) is 19.4 Å². The number of nitrogens with zero attached hydrogens (tertiary/aromatic N) is 4. The Labute approximate surface area is 185 Å². The number of aryl methyl sites for hydroxylation is 1. The maximum atomic E-state index is 10.4. The van der Waals surface area contributed by atoms with Gasteiger partial charge >= 0.3 is 0 Å². The lowest BCUT2D eigenvalue weighted by atomic mass is 10.1. The van der Waals surface area contributed by atoms with Gasteiger partial charge in [-0.3, -0.25) is 0 Å². The quantitative estimate of drug-likeness (QED) is 0.557. The molecule has 1 aliphatic rings. The highest BCUT2D eigenvalue weighted by atomic mass is 16.5. The number of rotatable bonds is 11. The third-order valence-corrected chi connectivity index (χ3v) is 5.81. The van der Waals surface area contributed by atoms with Gasteiger partial charge in [0.2, 0.25) is 0 Å². The van der Waals surface area contributed by atoms with Crippen LogP contribution in [-0.4, -0.2) is 88.7 Å². The van der Waals surface area contributed by atoms with Gasteiger partial charge < -0.3 is 34.1 Å². The van der Waals surface area contributed by atoms with Crippen LogP contribution in [0.5, 0.6) is 11.5 Å². The van der Waals surface area contributed by atoms with E-state index in [4.69, 9.17) is 9.47 Å². The van der Waals surface area contributed by atoms with Crippen LogP contribution in [0, 0.1) is 6.92 Å². The topological polar surface area (TPSA) is 83.2 Å². The lowest BCUT2D eigenvalue weighted by Crippen LogP contribution is -2.41. The molecule has 2 N–H and O–H groups in total. The van der Waals surface area contributed by atoms with E-state index in [0.717, 1.165) is 61.9 Å². The van der Waals surface area contributed by atoms with E-state index in [1.165, 1.54) is 0 Å². The van der Waals surface area contributed by atoms with Crippen molar-refractivity contribution in [2.45, 2.75) is 45.1 Å². The highest BCUT2D eigenvalue weighted by molar-refractivity contribution is 5.40. The van der Waals surface area contributed by atoms with Crippen LogP contribution in [0.25, 0.3) is 0 Å². The van der Waals surface area contributed by atoms with Crippen LogP contribution in [-0.2, 0) is 13.1 Å². The summed E-state index contributed by atoms with van der Waals surface area (Å²) in [5, 5.41) is 20.1. The summed E-state index contributed by atoms with van der Waals surface area (Å²) < 4.78 is 13.5. The summed E-state index contributed by atoms with van der Waals surface area (Å²) in [6, 6.07) is 5.78. The largest absolute Gasteiger partial charge is 0.497 e. The number of likely N-dealkylation sites (N-methyl/N-ethyl adjacent to an activating group) is 1. The van der Waals surface area contributed by atoms with Crippen LogP contribution >= 0.6 is 0 Å². The average molecular weight is 433 g/mol. The molecule has 0 saturated carbocycles. The number of aliphatic hydroxyl groups is 2. The number of aromatic nitrogens is 2. The molecule has 3 rings (SSSR count). The fourth-order valence-electron chi connectivity index (χ4n) is 3.87. The zero-order chi connectivity index (χ0) is 22.2. The van der Waals surface area contributed by atoms with E-state index in [1.807, 2.05) is 37.5 Å². The summed E-state index contributed by atoms with van der Waals surface area (Å²) in [7, 11) is 3.74. The van der Waals surface area contributed by atoms with Crippen molar-refractivity contribution >= 4 is 0 Å². The molecule has 2 aromatic rings. The highest BCUT2D eigenvalue weighted by Crippen LogP contribution is 2.26. The third-order valence-electron chi connectivity index (χ3n) is 5.81. The first kappa shape index (κ1) is 23.5. The van der Waals surface area contributed by atoms with Gasteiger partial charge in [0.1, 0.15) is 30.0 Å². The minimum absolute atomic E-state index is 0.207. The number of benzene rings is 1. The normalized spacial score (nSPS) is 16.6. The Morgan fingerprint density at radius 3 is 2.74 bits per heavy atom. The molecule has 8 nitrogen and oxygen atoms in total. The van der Waals surface area contributed by atoms with E-state index in [-0.39, 0.29) is 12.7 Å². The van der Waals surface area contributed by atoms with Gasteiger partial charge in [-0.25, -0.2) is 4.98 Å². The summed E-state index contributed by atoms with van der Waals surface area (Å²) in [5.41, 5.74) is 1.03. The van der Waals surface area contributed by atoms with Gasteiger partial charge in [0.15, 0.2) is 0 Å². The maximum absolute atomic E-state index is 10.4. The molecule has 0 aliphatic carbocycles. The molecule has 172 valence electrons. The van der Waals surface area contributed by atoms with Crippen LogP contribution in [0.15, 0.2) is 30.6 Å². The number of imidazole rings is 1. The van der Waals surface area contributed by atoms with Crippen molar-refractivity contribution in [3.63, 3.8) is 0 Å². The molecule has 0 bridgehead atoms. The van der Waals surface area contributed by atoms with Crippen LogP contribution < -0.4 is 9.47 Å². The maximum Gasteiger partial charge on any atom is 0.124 e.